The summed E-state index contributed by atoms with van der Waals surface area (Å²) in [6, 6.07) is 19.6. The molecule has 0 radical (unpaired) electrons. The Labute approximate surface area is 182 Å². The maximum atomic E-state index is 12.7. The van der Waals surface area contributed by atoms with Crippen molar-refractivity contribution in [2.75, 3.05) is 18.0 Å². The Morgan fingerprint density at radius 3 is 2.68 bits per heavy atom. The number of piperidine rings is 1. The fraction of sp³-hybridized carbons (Fsp3) is 0.320. The maximum absolute atomic E-state index is 12.7. The summed E-state index contributed by atoms with van der Waals surface area (Å²) in [5, 5.41) is 7.43. The van der Waals surface area contributed by atoms with Gasteiger partial charge in [0.25, 0.3) is 5.56 Å². The fourth-order valence-corrected chi connectivity index (χ4v) is 4.05. The van der Waals surface area contributed by atoms with Gasteiger partial charge in [0.15, 0.2) is 0 Å². The van der Waals surface area contributed by atoms with Gasteiger partial charge < -0.3 is 10.2 Å². The molecule has 1 aliphatic heterocycles. The van der Waals surface area contributed by atoms with Gasteiger partial charge in [-0.1, -0.05) is 60.2 Å². The molecule has 6 heteroatoms. The van der Waals surface area contributed by atoms with Crippen LogP contribution >= 0.6 is 0 Å². The topological polar surface area (TPSA) is 67.2 Å². The third-order valence-electron chi connectivity index (χ3n) is 5.74. The van der Waals surface area contributed by atoms with Crippen LogP contribution in [0.1, 0.15) is 29.5 Å². The zero-order valence-electron chi connectivity index (χ0n) is 17.8. The smallest absolute Gasteiger partial charge is 0.269 e. The van der Waals surface area contributed by atoms with Crippen molar-refractivity contribution >= 4 is 11.6 Å². The summed E-state index contributed by atoms with van der Waals surface area (Å²) in [4.78, 5) is 27.4. The van der Waals surface area contributed by atoms with Gasteiger partial charge in [0.05, 0.1) is 24.3 Å². The molecule has 31 heavy (non-hydrogen) atoms. The van der Waals surface area contributed by atoms with E-state index in [9.17, 15) is 9.59 Å². The summed E-state index contributed by atoms with van der Waals surface area (Å²) in [7, 11) is 0. The quantitative estimate of drug-likeness (QED) is 0.670. The van der Waals surface area contributed by atoms with E-state index in [1.165, 1.54) is 10.2 Å². The highest BCUT2D eigenvalue weighted by molar-refractivity contribution is 5.79. The number of carbonyl (C=O) groups excluding carboxylic acids is 1. The molecule has 0 bridgehead atoms. The molecule has 4 rings (SSSR count). The molecule has 0 saturated carbocycles. The Balaban J connectivity index is 1.38. The zero-order chi connectivity index (χ0) is 21.6. The van der Waals surface area contributed by atoms with E-state index in [-0.39, 0.29) is 17.4 Å². The van der Waals surface area contributed by atoms with E-state index in [1.54, 1.807) is 12.3 Å². The van der Waals surface area contributed by atoms with Crippen molar-refractivity contribution in [1.29, 1.82) is 0 Å². The van der Waals surface area contributed by atoms with Crippen LogP contribution in [0, 0.1) is 12.8 Å². The number of rotatable bonds is 6. The summed E-state index contributed by atoms with van der Waals surface area (Å²) >= 11 is 0. The molecule has 1 unspecified atom stereocenters. The Bertz CT molecular complexity index is 1090. The lowest BCUT2D eigenvalue weighted by atomic mass is 9.96. The Hall–Kier alpha value is -3.41. The lowest BCUT2D eigenvalue weighted by Gasteiger charge is -2.33. The van der Waals surface area contributed by atoms with Gasteiger partial charge in [-0.2, -0.15) is 5.10 Å². The van der Waals surface area contributed by atoms with E-state index in [1.807, 2.05) is 55.5 Å². The van der Waals surface area contributed by atoms with E-state index in [4.69, 9.17) is 0 Å². The van der Waals surface area contributed by atoms with Crippen LogP contribution in [0.25, 0.3) is 0 Å². The Kier molecular flexibility index (Phi) is 6.46. The van der Waals surface area contributed by atoms with Crippen LogP contribution in [0.2, 0.25) is 0 Å². The predicted molar refractivity (Wildman–Crippen MR) is 122 cm³/mol. The molecule has 3 aromatic rings. The Morgan fingerprint density at radius 1 is 1.10 bits per heavy atom. The second-order valence-corrected chi connectivity index (χ2v) is 8.19. The first-order chi connectivity index (χ1) is 15.1. The lowest BCUT2D eigenvalue weighted by molar-refractivity contribution is -0.125. The second kappa shape index (κ2) is 9.60. The second-order valence-electron chi connectivity index (χ2n) is 8.19. The first kappa shape index (κ1) is 20.8. The van der Waals surface area contributed by atoms with Gasteiger partial charge in [-0.15, -0.1) is 0 Å². The molecule has 1 fully saturated rings. The lowest BCUT2D eigenvalue weighted by Crippen LogP contribution is -2.43. The van der Waals surface area contributed by atoms with E-state index in [0.29, 0.717) is 19.6 Å². The highest BCUT2D eigenvalue weighted by atomic mass is 16.2. The number of carbonyl (C=O) groups is 1. The number of anilines is 1. The average molecular weight is 417 g/mol. The summed E-state index contributed by atoms with van der Waals surface area (Å²) in [5.41, 5.74) is 3.98. The minimum Gasteiger partial charge on any atom is -0.369 e. The van der Waals surface area contributed by atoms with Gasteiger partial charge in [-0.05, 0) is 30.9 Å². The number of hydrogen-bond donors (Lipinski definition) is 1. The normalized spacial score (nSPS) is 16.2. The van der Waals surface area contributed by atoms with Crippen molar-refractivity contribution < 1.29 is 4.79 Å². The van der Waals surface area contributed by atoms with E-state index >= 15 is 0 Å². The number of aryl methyl sites for hydroxylation is 1. The van der Waals surface area contributed by atoms with Crippen LogP contribution in [0.15, 0.2) is 71.7 Å². The molecule has 1 saturated heterocycles. The van der Waals surface area contributed by atoms with E-state index in [0.717, 1.165) is 36.2 Å². The van der Waals surface area contributed by atoms with E-state index in [2.05, 4.69) is 21.4 Å². The van der Waals surface area contributed by atoms with Gasteiger partial charge in [0.2, 0.25) is 5.91 Å². The van der Waals surface area contributed by atoms with Crippen LogP contribution in [-0.2, 0) is 17.9 Å². The van der Waals surface area contributed by atoms with Crippen molar-refractivity contribution in [2.24, 2.45) is 5.92 Å². The summed E-state index contributed by atoms with van der Waals surface area (Å²) < 4.78 is 1.47. The zero-order valence-corrected chi connectivity index (χ0v) is 17.8. The summed E-state index contributed by atoms with van der Waals surface area (Å²) in [5.74, 6) is -0.0260. The number of nitrogens with one attached hydrogen (secondary N) is 1. The summed E-state index contributed by atoms with van der Waals surface area (Å²) in [6.45, 7) is 4.46. The minimum absolute atomic E-state index is 0.0663. The van der Waals surface area contributed by atoms with Crippen molar-refractivity contribution in [3.8, 4) is 0 Å². The molecule has 1 aromatic heterocycles. The standard InChI is InChI=1S/C25H28N4O2/c1-19-7-5-10-21(13-19)15-26-25(31)22-11-6-12-28(18-22)23-14-24(30)29(27-16-23)17-20-8-3-2-4-9-20/h2-5,7-10,13-14,16,22H,6,11-12,15,17-18H2,1H3,(H,26,31). The molecule has 1 aliphatic rings. The van der Waals surface area contributed by atoms with Gasteiger partial charge in [-0.25, -0.2) is 4.68 Å². The Morgan fingerprint density at radius 2 is 1.90 bits per heavy atom. The van der Waals surface area contributed by atoms with Crippen molar-refractivity contribution in [3.05, 3.63) is 93.9 Å². The van der Waals surface area contributed by atoms with Gasteiger partial charge >= 0.3 is 0 Å². The minimum atomic E-state index is -0.132. The highest BCUT2D eigenvalue weighted by Gasteiger charge is 2.26. The van der Waals surface area contributed by atoms with Crippen LogP contribution < -0.4 is 15.8 Å². The summed E-state index contributed by atoms with van der Waals surface area (Å²) in [6.07, 6.45) is 3.50. The molecular formula is C25H28N4O2. The molecular weight excluding hydrogens is 388 g/mol. The van der Waals surface area contributed by atoms with Gasteiger partial charge in [0, 0.05) is 25.7 Å². The van der Waals surface area contributed by atoms with Gasteiger partial charge in [0.1, 0.15) is 0 Å². The third kappa shape index (κ3) is 5.40. The van der Waals surface area contributed by atoms with Crippen molar-refractivity contribution in [1.82, 2.24) is 15.1 Å². The number of nitrogens with zero attached hydrogens (tertiary/aromatic N) is 3. The highest BCUT2D eigenvalue weighted by Crippen LogP contribution is 2.22. The first-order valence-electron chi connectivity index (χ1n) is 10.8. The number of amides is 1. The fourth-order valence-electron chi connectivity index (χ4n) is 4.05. The maximum Gasteiger partial charge on any atom is 0.269 e. The van der Waals surface area contributed by atoms with Crippen molar-refractivity contribution in [3.63, 3.8) is 0 Å². The molecule has 2 aromatic carbocycles. The molecule has 6 nitrogen and oxygen atoms in total. The van der Waals surface area contributed by atoms with Crippen LogP contribution in [0.4, 0.5) is 5.69 Å². The molecule has 0 spiro atoms. The van der Waals surface area contributed by atoms with Crippen LogP contribution in [-0.4, -0.2) is 28.8 Å². The molecule has 2 heterocycles. The largest absolute Gasteiger partial charge is 0.369 e. The predicted octanol–water partition coefficient (Wildman–Crippen LogP) is 3.13. The van der Waals surface area contributed by atoms with E-state index < -0.39 is 0 Å². The van der Waals surface area contributed by atoms with Crippen molar-refractivity contribution in [2.45, 2.75) is 32.9 Å². The third-order valence-corrected chi connectivity index (χ3v) is 5.74. The molecule has 1 N–H and O–H groups in total. The average Bonchev–Trinajstić information content (AvgIpc) is 2.80. The van der Waals surface area contributed by atoms with Gasteiger partial charge in [-0.3, -0.25) is 9.59 Å². The monoisotopic (exact) mass is 416 g/mol. The molecule has 1 amide bonds. The number of aromatic nitrogens is 2. The number of benzene rings is 2. The molecule has 160 valence electrons. The molecule has 0 aliphatic carbocycles. The first-order valence-corrected chi connectivity index (χ1v) is 10.8. The van der Waals surface area contributed by atoms with Crippen LogP contribution in [0.3, 0.4) is 0 Å². The SMILES string of the molecule is Cc1cccc(CNC(=O)C2CCCN(c3cnn(Cc4ccccc4)c(=O)c3)C2)c1. The molecule has 1 atom stereocenters. The van der Waals surface area contributed by atoms with Crippen LogP contribution in [0.5, 0.6) is 0 Å². The number of hydrogen-bond acceptors (Lipinski definition) is 4.